The molecule has 0 saturated carbocycles. The van der Waals surface area contributed by atoms with Gasteiger partial charge in [0.2, 0.25) is 0 Å². The van der Waals surface area contributed by atoms with Gasteiger partial charge in [-0.15, -0.1) is 0 Å². The molecule has 17 heavy (non-hydrogen) atoms. The summed E-state index contributed by atoms with van der Waals surface area (Å²) in [6.07, 6.45) is 1.77. The molecule has 0 atom stereocenters. The fraction of sp³-hybridized carbons (Fsp3) is 0.154. The van der Waals surface area contributed by atoms with Crippen LogP contribution in [0.5, 0.6) is 5.75 Å². The summed E-state index contributed by atoms with van der Waals surface area (Å²) in [5.41, 5.74) is 6.74. The number of hydrogen-bond acceptors (Lipinski definition) is 4. The van der Waals surface area contributed by atoms with Gasteiger partial charge < -0.3 is 10.5 Å². The van der Waals surface area contributed by atoms with Crippen molar-refractivity contribution < 1.29 is 4.74 Å². The SMILES string of the molecule is COc1ccccc1Sc1ncccc1CN. The Morgan fingerprint density at radius 1 is 1.24 bits per heavy atom. The molecule has 0 amide bonds. The van der Waals surface area contributed by atoms with Gasteiger partial charge >= 0.3 is 0 Å². The van der Waals surface area contributed by atoms with Crippen molar-refractivity contribution in [1.82, 2.24) is 4.98 Å². The van der Waals surface area contributed by atoms with Crippen molar-refractivity contribution in [2.24, 2.45) is 5.73 Å². The molecule has 0 aliphatic carbocycles. The number of hydrogen-bond donors (Lipinski definition) is 1. The summed E-state index contributed by atoms with van der Waals surface area (Å²) in [6, 6.07) is 11.8. The van der Waals surface area contributed by atoms with Crippen LogP contribution in [0.25, 0.3) is 0 Å². The van der Waals surface area contributed by atoms with Gasteiger partial charge in [0.25, 0.3) is 0 Å². The highest BCUT2D eigenvalue weighted by molar-refractivity contribution is 7.99. The molecular weight excluding hydrogens is 232 g/mol. The minimum Gasteiger partial charge on any atom is -0.496 e. The van der Waals surface area contributed by atoms with Crippen LogP contribution >= 0.6 is 11.8 Å². The normalized spacial score (nSPS) is 10.2. The first-order chi connectivity index (χ1) is 8.35. The standard InChI is InChI=1S/C13H14N2OS/c1-16-11-6-2-3-7-12(11)17-13-10(9-14)5-4-8-15-13/h2-8H,9,14H2,1H3. The highest BCUT2D eigenvalue weighted by Gasteiger charge is 2.07. The van der Waals surface area contributed by atoms with Crippen molar-refractivity contribution in [2.45, 2.75) is 16.5 Å². The van der Waals surface area contributed by atoms with E-state index in [0.29, 0.717) is 6.54 Å². The minimum absolute atomic E-state index is 0.491. The van der Waals surface area contributed by atoms with Gasteiger partial charge in [-0.3, -0.25) is 0 Å². The summed E-state index contributed by atoms with van der Waals surface area (Å²) >= 11 is 1.57. The molecule has 0 saturated heterocycles. The van der Waals surface area contributed by atoms with E-state index < -0.39 is 0 Å². The van der Waals surface area contributed by atoms with E-state index in [0.717, 1.165) is 21.2 Å². The smallest absolute Gasteiger partial charge is 0.132 e. The number of rotatable bonds is 4. The summed E-state index contributed by atoms with van der Waals surface area (Å²) in [5.74, 6) is 0.853. The summed E-state index contributed by atoms with van der Waals surface area (Å²) in [4.78, 5) is 5.39. The van der Waals surface area contributed by atoms with E-state index in [1.807, 2.05) is 36.4 Å². The average Bonchev–Trinajstić information content (AvgIpc) is 2.40. The first kappa shape index (κ1) is 12.0. The first-order valence-corrected chi connectivity index (χ1v) is 6.11. The van der Waals surface area contributed by atoms with Crippen molar-refractivity contribution >= 4 is 11.8 Å². The van der Waals surface area contributed by atoms with Gasteiger partial charge in [-0.1, -0.05) is 30.0 Å². The molecule has 0 aliphatic rings. The molecule has 0 radical (unpaired) electrons. The molecule has 1 heterocycles. The Bertz CT molecular complexity index is 457. The third-order valence-corrected chi connectivity index (χ3v) is 3.46. The fourth-order valence-electron chi connectivity index (χ4n) is 1.48. The molecule has 88 valence electrons. The van der Waals surface area contributed by atoms with E-state index in [2.05, 4.69) is 4.98 Å². The molecule has 1 aromatic heterocycles. The lowest BCUT2D eigenvalue weighted by Gasteiger charge is -2.09. The molecule has 2 N–H and O–H groups in total. The topological polar surface area (TPSA) is 48.1 Å². The lowest BCUT2D eigenvalue weighted by Crippen LogP contribution is -1.99. The van der Waals surface area contributed by atoms with Crippen molar-refractivity contribution in [3.05, 3.63) is 48.2 Å². The lowest BCUT2D eigenvalue weighted by atomic mass is 10.3. The van der Waals surface area contributed by atoms with E-state index in [1.54, 1.807) is 25.1 Å². The molecule has 1 aromatic carbocycles. The second-order valence-corrected chi connectivity index (χ2v) is 4.46. The number of para-hydroxylation sites is 1. The average molecular weight is 246 g/mol. The van der Waals surface area contributed by atoms with Gasteiger partial charge in [0.05, 0.1) is 12.0 Å². The summed E-state index contributed by atoms with van der Waals surface area (Å²) in [7, 11) is 1.67. The Morgan fingerprint density at radius 2 is 2.06 bits per heavy atom. The van der Waals surface area contributed by atoms with Crippen molar-refractivity contribution in [1.29, 1.82) is 0 Å². The second-order valence-electron chi connectivity index (χ2n) is 3.42. The molecule has 2 aromatic rings. The van der Waals surface area contributed by atoms with Crippen LogP contribution in [0, 0.1) is 0 Å². The molecule has 3 nitrogen and oxygen atoms in total. The molecule has 4 heteroatoms. The zero-order chi connectivity index (χ0) is 12.1. The lowest BCUT2D eigenvalue weighted by molar-refractivity contribution is 0.405. The third-order valence-electron chi connectivity index (χ3n) is 2.35. The van der Waals surface area contributed by atoms with Crippen molar-refractivity contribution in [3.63, 3.8) is 0 Å². The molecule has 0 bridgehead atoms. The maximum absolute atomic E-state index is 5.69. The molecule has 0 unspecified atom stereocenters. The van der Waals surface area contributed by atoms with Crippen molar-refractivity contribution in [2.75, 3.05) is 7.11 Å². The zero-order valence-corrected chi connectivity index (χ0v) is 10.4. The minimum atomic E-state index is 0.491. The summed E-state index contributed by atoms with van der Waals surface area (Å²) in [6.45, 7) is 0.491. The first-order valence-electron chi connectivity index (χ1n) is 5.30. The maximum Gasteiger partial charge on any atom is 0.132 e. The third kappa shape index (κ3) is 2.78. The maximum atomic E-state index is 5.69. The highest BCUT2D eigenvalue weighted by atomic mass is 32.2. The largest absolute Gasteiger partial charge is 0.496 e. The number of nitrogens with zero attached hydrogens (tertiary/aromatic N) is 1. The molecule has 0 fully saturated rings. The quantitative estimate of drug-likeness (QED) is 0.901. The van der Waals surface area contributed by atoms with E-state index in [-0.39, 0.29) is 0 Å². The molecule has 0 spiro atoms. The number of methoxy groups -OCH3 is 1. The zero-order valence-electron chi connectivity index (χ0n) is 9.59. The fourth-order valence-corrected chi connectivity index (χ4v) is 2.48. The van der Waals surface area contributed by atoms with Gasteiger partial charge in [-0.05, 0) is 23.8 Å². The predicted octanol–water partition coefficient (Wildman–Crippen LogP) is 2.70. The second kappa shape index (κ2) is 5.70. The number of nitrogens with two attached hydrogens (primary N) is 1. The van der Waals surface area contributed by atoms with Crippen LogP contribution in [-0.4, -0.2) is 12.1 Å². The van der Waals surface area contributed by atoms with E-state index in [1.165, 1.54) is 0 Å². The Hall–Kier alpha value is -1.52. The molecular formula is C13H14N2OS. The van der Waals surface area contributed by atoms with Gasteiger partial charge in [-0.25, -0.2) is 4.98 Å². The Labute approximate surface area is 105 Å². The Morgan fingerprint density at radius 3 is 2.82 bits per heavy atom. The number of ether oxygens (including phenoxy) is 1. The van der Waals surface area contributed by atoms with Crippen LogP contribution in [0.4, 0.5) is 0 Å². The molecule has 0 aliphatic heterocycles. The monoisotopic (exact) mass is 246 g/mol. The van der Waals surface area contributed by atoms with Crippen LogP contribution in [-0.2, 0) is 6.54 Å². The summed E-state index contributed by atoms with van der Waals surface area (Å²) < 4.78 is 5.31. The predicted molar refractivity (Wildman–Crippen MR) is 69.2 cm³/mol. The Balaban J connectivity index is 2.31. The van der Waals surface area contributed by atoms with Gasteiger partial charge in [0.1, 0.15) is 10.8 Å². The van der Waals surface area contributed by atoms with Crippen LogP contribution in [0.15, 0.2) is 52.5 Å². The van der Waals surface area contributed by atoms with Crippen LogP contribution in [0.3, 0.4) is 0 Å². The number of aromatic nitrogens is 1. The van der Waals surface area contributed by atoms with Crippen molar-refractivity contribution in [3.8, 4) is 5.75 Å². The molecule has 2 rings (SSSR count). The van der Waals surface area contributed by atoms with Crippen LogP contribution < -0.4 is 10.5 Å². The van der Waals surface area contributed by atoms with E-state index in [4.69, 9.17) is 10.5 Å². The van der Waals surface area contributed by atoms with Gasteiger partial charge in [-0.2, -0.15) is 0 Å². The Kier molecular flexibility index (Phi) is 4.01. The van der Waals surface area contributed by atoms with E-state index >= 15 is 0 Å². The van der Waals surface area contributed by atoms with Crippen LogP contribution in [0.1, 0.15) is 5.56 Å². The van der Waals surface area contributed by atoms with Crippen LogP contribution in [0.2, 0.25) is 0 Å². The van der Waals surface area contributed by atoms with E-state index in [9.17, 15) is 0 Å². The highest BCUT2D eigenvalue weighted by Crippen LogP contribution is 2.34. The summed E-state index contributed by atoms with van der Waals surface area (Å²) in [5, 5.41) is 0.930. The van der Waals surface area contributed by atoms with Gasteiger partial charge in [0.15, 0.2) is 0 Å². The number of pyridine rings is 1. The number of benzene rings is 1. The van der Waals surface area contributed by atoms with Gasteiger partial charge in [0, 0.05) is 12.7 Å².